The molecular weight excluding hydrogens is 264 g/mol. The van der Waals surface area contributed by atoms with Crippen molar-refractivity contribution in [2.45, 2.75) is 6.42 Å². The molecule has 0 bridgehead atoms. The fraction of sp³-hybridized carbons (Fsp3) is 0.529. The Hall–Kier alpha value is -1.54. The van der Waals surface area contributed by atoms with Crippen LogP contribution in [-0.4, -0.2) is 68.9 Å². The summed E-state index contributed by atoms with van der Waals surface area (Å²) in [6.45, 7) is 3.62. The van der Waals surface area contributed by atoms with E-state index in [-0.39, 0.29) is 6.61 Å². The van der Waals surface area contributed by atoms with Crippen molar-refractivity contribution in [2.24, 2.45) is 0 Å². The molecule has 0 aromatic heterocycles. The molecule has 1 rings (SSSR count). The van der Waals surface area contributed by atoms with E-state index >= 15 is 0 Å². The number of aliphatic hydroxyl groups excluding tert-OH is 1. The van der Waals surface area contributed by atoms with E-state index in [0.717, 1.165) is 37.4 Å². The van der Waals surface area contributed by atoms with E-state index in [1.807, 2.05) is 24.3 Å². The van der Waals surface area contributed by atoms with Gasteiger partial charge in [-0.25, -0.2) is 0 Å². The Kier molecular flexibility index (Phi) is 8.53. The molecule has 1 aromatic carbocycles. The Bertz CT molecular complexity index is 463. The summed E-state index contributed by atoms with van der Waals surface area (Å²) in [4.78, 5) is 4.47. The SMILES string of the molecule is CN(C)CCCN(C)CCOc1cccc(C#CCO)c1. The third-order valence-corrected chi connectivity index (χ3v) is 3.03. The topological polar surface area (TPSA) is 35.9 Å². The number of benzene rings is 1. The molecule has 4 heteroatoms. The summed E-state index contributed by atoms with van der Waals surface area (Å²) in [5, 5.41) is 8.69. The molecule has 0 fully saturated rings. The van der Waals surface area contributed by atoms with E-state index < -0.39 is 0 Å². The minimum Gasteiger partial charge on any atom is -0.492 e. The number of likely N-dealkylation sites (N-methyl/N-ethyl adjacent to an activating group) is 1. The summed E-state index contributed by atoms with van der Waals surface area (Å²) < 4.78 is 5.74. The average molecular weight is 290 g/mol. The van der Waals surface area contributed by atoms with Crippen molar-refractivity contribution >= 4 is 0 Å². The van der Waals surface area contributed by atoms with Crippen molar-refractivity contribution in [3.05, 3.63) is 29.8 Å². The van der Waals surface area contributed by atoms with Crippen LogP contribution < -0.4 is 4.74 Å². The van der Waals surface area contributed by atoms with E-state index in [1.54, 1.807) is 0 Å². The Balaban J connectivity index is 2.28. The van der Waals surface area contributed by atoms with Gasteiger partial charge in [-0.2, -0.15) is 0 Å². The van der Waals surface area contributed by atoms with Crippen molar-refractivity contribution in [2.75, 3.05) is 54.0 Å². The lowest BCUT2D eigenvalue weighted by Crippen LogP contribution is -2.27. The molecule has 4 nitrogen and oxygen atoms in total. The number of nitrogens with zero attached hydrogens (tertiary/aromatic N) is 2. The molecule has 0 saturated heterocycles. The maximum atomic E-state index is 8.69. The van der Waals surface area contributed by atoms with Crippen LogP contribution in [0.3, 0.4) is 0 Å². The highest BCUT2D eigenvalue weighted by Crippen LogP contribution is 2.12. The van der Waals surface area contributed by atoms with Crippen molar-refractivity contribution in [1.29, 1.82) is 0 Å². The van der Waals surface area contributed by atoms with Gasteiger partial charge in [-0.3, -0.25) is 0 Å². The van der Waals surface area contributed by atoms with Crippen molar-refractivity contribution in [3.8, 4) is 17.6 Å². The average Bonchev–Trinajstić information content (AvgIpc) is 2.45. The first-order chi connectivity index (χ1) is 10.1. The van der Waals surface area contributed by atoms with Crippen LogP contribution in [0.5, 0.6) is 5.75 Å². The van der Waals surface area contributed by atoms with Crippen LogP contribution in [0.2, 0.25) is 0 Å². The highest BCUT2D eigenvalue weighted by Gasteiger charge is 2.00. The van der Waals surface area contributed by atoms with Crippen LogP contribution in [0.25, 0.3) is 0 Å². The maximum Gasteiger partial charge on any atom is 0.120 e. The Morgan fingerprint density at radius 2 is 1.95 bits per heavy atom. The molecular formula is C17H26N2O2. The second-order valence-corrected chi connectivity index (χ2v) is 5.30. The van der Waals surface area contributed by atoms with E-state index in [4.69, 9.17) is 9.84 Å². The Morgan fingerprint density at radius 1 is 1.14 bits per heavy atom. The summed E-state index contributed by atoms with van der Waals surface area (Å²) in [5.74, 6) is 6.33. The van der Waals surface area contributed by atoms with E-state index in [2.05, 4.69) is 42.8 Å². The Morgan fingerprint density at radius 3 is 2.67 bits per heavy atom. The number of hydrogen-bond acceptors (Lipinski definition) is 4. The lowest BCUT2D eigenvalue weighted by Gasteiger charge is -2.18. The molecule has 0 amide bonds. The van der Waals surface area contributed by atoms with Crippen molar-refractivity contribution in [3.63, 3.8) is 0 Å². The van der Waals surface area contributed by atoms with Gasteiger partial charge >= 0.3 is 0 Å². The highest BCUT2D eigenvalue weighted by atomic mass is 16.5. The van der Waals surface area contributed by atoms with Crippen LogP contribution >= 0.6 is 0 Å². The fourth-order valence-corrected chi connectivity index (χ4v) is 1.89. The van der Waals surface area contributed by atoms with Crippen LogP contribution in [0, 0.1) is 11.8 Å². The third-order valence-electron chi connectivity index (χ3n) is 3.03. The molecule has 0 unspecified atom stereocenters. The molecule has 0 atom stereocenters. The van der Waals surface area contributed by atoms with Crippen molar-refractivity contribution in [1.82, 2.24) is 9.80 Å². The lowest BCUT2D eigenvalue weighted by molar-refractivity contribution is 0.229. The number of hydrogen-bond donors (Lipinski definition) is 1. The van der Waals surface area contributed by atoms with Gasteiger partial charge in [0.05, 0.1) is 0 Å². The van der Waals surface area contributed by atoms with Gasteiger partial charge in [-0.15, -0.1) is 0 Å². The summed E-state index contributed by atoms with van der Waals surface area (Å²) in [5.41, 5.74) is 0.862. The first-order valence-electron chi connectivity index (χ1n) is 7.27. The second-order valence-electron chi connectivity index (χ2n) is 5.30. The predicted molar refractivity (Wildman–Crippen MR) is 86.6 cm³/mol. The predicted octanol–water partition coefficient (Wildman–Crippen LogP) is 1.29. The van der Waals surface area contributed by atoms with E-state index in [1.165, 1.54) is 0 Å². The number of aliphatic hydroxyl groups is 1. The number of ether oxygens (including phenoxy) is 1. The van der Waals surface area contributed by atoms with E-state index in [9.17, 15) is 0 Å². The third kappa shape index (κ3) is 8.36. The van der Waals surface area contributed by atoms with Gasteiger partial charge in [0.1, 0.15) is 19.0 Å². The fourth-order valence-electron chi connectivity index (χ4n) is 1.89. The van der Waals surface area contributed by atoms with Crippen LogP contribution in [0.15, 0.2) is 24.3 Å². The van der Waals surface area contributed by atoms with Crippen LogP contribution in [0.4, 0.5) is 0 Å². The number of rotatable bonds is 8. The first kappa shape index (κ1) is 17.5. The standard InChI is InChI=1S/C17H26N2O2/c1-18(2)10-6-11-19(3)12-14-21-17-9-4-7-16(15-17)8-5-13-20/h4,7,9,15,20H,6,10-14H2,1-3H3. The van der Waals surface area contributed by atoms with Gasteiger partial charge < -0.3 is 19.6 Å². The highest BCUT2D eigenvalue weighted by molar-refractivity contribution is 5.39. The normalized spacial score (nSPS) is 10.6. The molecule has 1 N–H and O–H groups in total. The summed E-state index contributed by atoms with van der Waals surface area (Å²) in [6.07, 6.45) is 1.16. The van der Waals surface area contributed by atoms with Crippen LogP contribution in [0.1, 0.15) is 12.0 Å². The van der Waals surface area contributed by atoms with Gasteiger partial charge in [-0.05, 0) is 58.9 Å². The van der Waals surface area contributed by atoms with Gasteiger partial charge in [0, 0.05) is 12.1 Å². The molecule has 0 spiro atoms. The minimum absolute atomic E-state index is 0.122. The molecule has 0 saturated carbocycles. The molecule has 0 heterocycles. The molecule has 116 valence electrons. The zero-order chi connectivity index (χ0) is 15.5. The zero-order valence-electron chi connectivity index (χ0n) is 13.3. The molecule has 0 radical (unpaired) electrons. The first-order valence-corrected chi connectivity index (χ1v) is 7.27. The van der Waals surface area contributed by atoms with E-state index in [0.29, 0.717) is 6.61 Å². The zero-order valence-corrected chi connectivity index (χ0v) is 13.3. The van der Waals surface area contributed by atoms with Gasteiger partial charge in [0.15, 0.2) is 0 Å². The van der Waals surface area contributed by atoms with Crippen LogP contribution in [-0.2, 0) is 0 Å². The monoisotopic (exact) mass is 290 g/mol. The minimum atomic E-state index is -0.122. The van der Waals surface area contributed by atoms with Gasteiger partial charge in [-0.1, -0.05) is 17.9 Å². The Labute approximate surface area is 128 Å². The molecule has 21 heavy (non-hydrogen) atoms. The van der Waals surface area contributed by atoms with Crippen molar-refractivity contribution < 1.29 is 9.84 Å². The largest absolute Gasteiger partial charge is 0.492 e. The summed E-state index contributed by atoms with van der Waals surface area (Å²) >= 11 is 0. The quantitative estimate of drug-likeness (QED) is 0.732. The molecule has 0 aliphatic carbocycles. The summed E-state index contributed by atoms with van der Waals surface area (Å²) in [7, 11) is 6.30. The maximum absolute atomic E-state index is 8.69. The molecule has 1 aromatic rings. The van der Waals surface area contributed by atoms with Gasteiger partial charge in [0.25, 0.3) is 0 Å². The summed E-state index contributed by atoms with van der Waals surface area (Å²) in [6, 6.07) is 7.64. The molecule has 0 aliphatic heterocycles. The van der Waals surface area contributed by atoms with Gasteiger partial charge in [0.2, 0.25) is 0 Å². The lowest BCUT2D eigenvalue weighted by atomic mass is 10.2. The smallest absolute Gasteiger partial charge is 0.120 e. The second kappa shape index (κ2) is 10.2. The molecule has 0 aliphatic rings.